The van der Waals surface area contributed by atoms with Crippen LogP contribution in [0.15, 0.2) is 229 Å². The van der Waals surface area contributed by atoms with Crippen LogP contribution in [0.3, 0.4) is 0 Å². The first-order chi connectivity index (χ1) is 33.8. The van der Waals surface area contributed by atoms with Crippen LogP contribution in [0.5, 0.6) is 0 Å². The predicted molar refractivity (Wildman–Crippen MR) is 298 cm³/mol. The molecule has 13 rings (SSSR count). The number of anilines is 5. The molecule has 4 heteroatoms. The molecule has 2 aliphatic heterocycles. The lowest BCUT2D eigenvalue weighted by molar-refractivity contribution is 0.793. The Hall–Kier alpha value is -7.51. The standard InChI is InChI=1S/C65H54N2Si2/c1-68(2)61-33-17-13-29-57(61)66(58-30-14-18-34-62(58)68)47-23-7-5-21-45(22-6-8-24-47)37-38-46-39-41-51-52-42-40-48(67-59-31-15-19-35-63(59)69(3,4)64-36-20-16-32-60(64)67)44-56(52)65(55(51)43-46)53-27-11-9-25-49(53)50-26-10-12-28-54(50)65/h5-17,19-33,35-44H,18,34H2,1-4H3. The van der Waals surface area contributed by atoms with E-state index in [4.69, 9.17) is 0 Å². The van der Waals surface area contributed by atoms with Gasteiger partial charge >= 0.3 is 0 Å². The minimum atomic E-state index is -1.94. The fourth-order valence-electron chi connectivity index (χ4n) is 12.8. The van der Waals surface area contributed by atoms with Crippen molar-refractivity contribution in [1.29, 1.82) is 0 Å². The Morgan fingerprint density at radius 3 is 1.52 bits per heavy atom. The maximum atomic E-state index is 2.54. The van der Waals surface area contributed by atoms with Crippen molar-refractivity contribution in [3.05, 3.63) is 263 Å². The number of fused-ring (bicyclic) bond motifs is 13. The minimum Gasteiger partial charge on any atom is -0.311 e. The summed E-state index contributed by atoms with van der Waals surface area (Å²) in [6, 6.07) is 77.8. The summed E-state index contributed by atoms with van der Waals surface area (Å²) in [4.78, 5) is 5.03. The van der Waals surface area contributed by atoms with Crippen molar-refractivity contribution in [1.82, 2.24) is 0 Å². The maximum absolute atomic E-state index is 2.54. The third-order valence-corrected chi connectivity index (χ3v) is 23.3. The van der Waals surface area contributed by atoms with E-state index in [-0.39, 0.29) is 0 Å². The van der Waals surface area contributed by atoms with Gasteiger partial charge in [0.25, 0.3) is 0 Å². The predicted octanol–water partition coefficient (Wildman–Crippen LogP) is 15.1. The monoisotopic (exact) mass is 918 g/mol. The second-order valence-electron chi connectivity index (χ2n) is 20.3. The van der Waals surface area contributed by atoms with Crippen molar-refractivity contribution >= 4 is 72.3 Å². The van der Waals surface area contributed by atoms with Crippen LogP contribution in [0.1, 0.15) is 46.2 Å². The summed E-state index contributed by atoms with van der Waals surface area (Å²) in [5.74, 6) is 0. The highest BCUT2D eigenvalue weighted by Gasteiger charge is 2.52. The van der Waals surface area contributed by atoms with E-state index in [1.54, 1.807) is 5.20 Å². The Morgan fingerprint density at radius 2 is 0.884 bits per heavy atom. The van der Waals surface area contributed by atoms with Gasteiger partial charge in [0.05, 0.1) is 5.41 Å². The lowest BCUT2D eigenvalue weighted by Gasteiger charge is -2.43. The lowest BCUT2D eigenvalue weighted by atomic mass is 9.70. The van der Waals surface area contributed by atoms with Crippen LogP contribution >= 0.6 is 0 Å². The molecular weight excluding hydrogens is 865 g/mol. The zero-order valence-corrected chi connectivity index (χ0v) is 41.7. The molecule has 8 aromatic carbocycles. The highest BCUT2D eigenvalue weighted by molar-refractivity contribution is 7.02. The Kier molecular flexibility index (Phi) is 9.53. The fraction of sp³-hybridized carbons (Fsp3) is 0.108. The van der Waals surface area contributed by atoms with Crippen LogP contribution in [-0.2, 0) is 5.41 Å². The van der Waals surface area contributed by atoms with Crippen molar-refractivity contribution in [2.24, 2.45) is 0 Å². The molecule has 2 heterocycles. The van der Waals surface area contributed by atoms with E-state index in [0.29, 0.717) is 0 Å². The van der Waals surface area contributed by atoms with Gasteiger partial charge in [0.1, 0.15) is 16.1 Å². The van der Waals surface area contributed by atoms with Gasteiger partial charge in [-0.1, -0.05) is 207 Å². The summed E-state index contributed by atoms with van der Waals surface area (Å²) in [7, 11) is -3.72. The van der Waals surface area contributed by atoms with Crippen LogP contribution in [0, 0.1) is 0 Å². The zero-order valence-electron chi connectivity index (χ0n) is 39.7. The molecule has 69 heavy (non-hydrogen) atoms. The van der Waals surface area contributed by atoms with Gasteiger partial charge in [-0.2, -0.15) is 0 Å². The molecule has 0 atom stereocenters. The number of benzene rings is 7. The van der Waals surface area contributed by atoms with Crippen LogP contribution in [-0.4, -0.2) is 16.1 Å². The van der Waals surface area contributed by atoms with Gasteiger partial charge in [-0.3, -0.25) is 0 Å². The Balaban J connectivity index is 0.907. The van der Waals surface area contributed by atoms with Crippen LogP contribution in [0.4, 0.5) is 28.4 Å². The molecule has 0 fully saturated rings. The third kappa shape index (κ3) is 6.15. The molecule has 332 valence electrons. The van der Waals surface area contributed by atoms with E-state index in [1.165, 1.54) is 99.8 Å². The van der Waals surface area contributed by atoms with Crippen molar-refractivity contribution in [2.75, 3.05) is 9.80 Å². The van der Waals surface area contributed by atoms with Crippen LogP contribution < -0.4 is 25.4 Å². The van der Waals surface area contributed by atoms with Crippen LogP contribution in [0.2, 0.25) is 26.2 Å². The number of para-hydroxylation sites is 3. The molecule has 5 aliphatic rings. The molecule has 3 aliphatic carbocycles. The molecule has 0 amide bonds. The summed E-state index contributed by atoms with van der Waals surface area (Å²) in [5, 5.41) is 6.12. The van der Waals surface area contributed by atoms with E-state index < -0.39 is 21.6 Å². The first-order valence-corrected chi connectivity index (χ1v) is 30.7. The molecule has 2 nitrogen and oxygen atoms in total. The quantitative estimate of drug-likeness (QED) is 0.162. The van der Waals surface area contributed by atoms with Crippen molar-refractivity contribution in [3.63, 3.8) is 0 Å². The fourth-order valence-corrected chi connectivity index (χ4v) is 19.1. The van der Waals surface area contributed by atoms with Gasteiger partial charge in [0, 0.05) is 34.1 Å². The van der Waals surface area contributed by atoms with E-state index in [0.717, 1.165) is 18.4 Å². The summed E-state index contributed by atoms with van der Waals surface area (Å²) >= 11 is 0. The average molecular weight is 919 g/mol. The van der Waals surface area contributed by atoms with Crippen LogP contribution in [0.25, 0.3) is 34.4 Å². The third-order valence-electron chi connectivity index (χ3n) is 16.0. The Bertz CT molecular complexity index is 3490. The van der Waals surface area contributed by atoms with E-state index in [1.807, 2.05) is 0 Å². The molecule has 0 bridgehead atoms. The van der Waals surface area contributed by atoms with Gasteiger partial charge < -0.3 is 9.80 Å². The summed E-state index contributed by atoms with van der Waals surface area (Å²) in [6.45, 7) is 10.0. The largest absolute Gasteiger partial charge is 0.311 e. The van der Waals surface area contributed by atoms with Gasteiger partial charge in [0.15, 0.2) is 0 Å². The molecule has 0 radical (unpaired) electrons. The smallest absolute Gasteiger partial charge is 0.117 e. The highest BCUT2D eigenvalue weighted by Crippen LogP contribution is 2.63. The second-order valence-corrected chi connectivity index (χ2v) is 29.1. The molecule has 0 aromatic heterocycles. The number of allylic oxidation sites excluding steroid dienone is 3. The topological polar surface area (TPSA) is 6.48 Å². The molecule has 8 aromatic rings. The van der Waals surface area contributed by atoms with Gasteiger partial charge in [-0.05, 0) is 139 Å². The minimum absolute atomic E-state index is 0.481. The molecule has 0 saturated heterocycles. The van der Waals surface area contributed by atoms with E-state index in [2.05, 4.69) is 267 Å². The Morgan fingerprint density at radius 1 is 0.406 bits per heavy atom. The number of hydrogen-bond donors (Lipinski definition) is 0. The van der Waals surface area contributed by atoms with Gasteiger partial charge in [0.2, 0.25) is 0 Å². The molecule has 0 saturated carbocycles. The number of hydrogen-bond acceptors (Lipinski definition) is 2. The molecule has 0 N–H and O–H groups in total. The van der Waals surface area contributed by atoms with Gasteiger partial charge in [-0.25, -0.2) is 0 Å². The summed E-state index contributed by atoms with van der Waals surface area (Å²) in [6.07, 6.45) is 11.5. The van der Waals surface area contributed by atoms with E-state index >= 15 is 0 Å². The summed E-state index contributed by atoms with van der Waals surface area (Å²) in [5.41, 5.74) is 20.1. The Labute approximate surface area is 409 Å². The normalized spacial score (nSPS) is 16.7. The van der Waals surface area contributed by atoms with Crippen molar-refractivity contribution < 1.29 is 0 Å². The second kappa shape index (κ2) is 15.8. The highest BCUT2D eigenvalue weighted by atomic mass is 28.3. The molecular formula is C65H54N2Si2. The van der Waals surface area contributed by atoms with Crippen molar-refractivity contribution in [2.45, 2.75) is 44.4 Å². The number of nitrogens with zero attached hydrogens (tertiary/aromatic N) is 2. The molecule has 1 spiro atoms. The summed E-state index contributed by atoms with van der Waals surface area (Å²) < 4.78 is 0. The first-order valence-electron chi connectivity index (χ1n) is 24.7. The van der Waals surface area contributed by atoms with E-state index in [9.17, 15) is 0 Å². The average Bonchev–Trinajstić information content (AvgIpc) is 3.84. The van der Waals surface area contributed by atoms with Crippen molar-refractivity contribution in [3.8, 4) is 22.3 Å². The lowest BCUT2D eigenvalue weighted by Crippen LogP contribution is -2.58. The SMILES string of the molecule is C[Si]1(C)C2=C(C=CCC2)N(c2ccccc(C=Cc3ccc4c(c3)C3(c5ccccc5-c5ccccc53)c3cc(N5c6ccccc6[Si](C)(C)c6ccccc65)ccc3-4)cccc2)c2ccccc21. The number of rotatable bonds is 4. The molecule has 0 unspecified atom stereocenters. The maximum Gasteiger partial charge on any atom is 0.117 e. The van der Waals surface area contributed by atoms with Gasteiger partial charge in [-0.15, -0.1) is 0 Å². The zero-order chi connectivity index (χ0) is 46.5. The first kappa shape index (κ1) is 41.7.